The molecule has 0 aliphatic rings. The summed E-state index contributed by atoms with van der Waals surface area (Å²) in [5.74, 6) is 0.642. The zero-order valence-corrected chi connectivity index (χ0v) is 11.4. The first kappa shape index (κ1) is 13.9. The Bertz CT molecular complexity index is 574. The van der Waals surface area contributed by atoms with Crippen molar-refractivity contribution in [2.45, 2.75) is 6.92 Å². The van der Waals surface area contributed by atoms with Crippen LogP contribution in [0.2, 0.25) is 0 Å². The van der Waals surface area contributed by atoms with Gasteiger partial charge in [-0.05, 0) is 42.8 Å². The summed E-state index contributed by atoms with van der Waals surface area (Å²) in [4.78, 5) is 11.8. The minimum absolute atomic E-state index is 0.155. The minimum Gasteiger partial charge on any atom is -0.494 e. The van der Waals surface area contributed by atoms with Crippen molar-refractivity contribution in [1.29, 1.82) is 0 Å². The summed E-state index contributed by atoms with van der Waals surface area (Å²) in [5.41, 5.74) is 1.74. The molecule has 1 amide bonds. The van der Waals surface area contributed by atoms with Crippen molar-refractivity contribution in [3.05, 3.63) is 66.2 Å². The highest BCUT2D eigenvalue weighted by Crippen LogP contribution is 2.15. The van der Waals surface area contributed by atoms with E-state index in [1.165, 1.54) is 6.08 Å². The molecule has 0 saturated carbocycles. The topological polar surface area (TPSA) is 38.3 Å². The van der Waals surface area contributed by atoms with E-state index >= 15 is 0 Å². The molecule has 0 fully saturated rings. The monoisotopic (exact) mass is 267 g/mol. The SMILES string of the molecule is CCOc1ccc(NC(=O)/C=C/c2ccccc2)cc1. The highest BCUT2D eigenvalue weighted by molar-refractivity contribution is 6.01. The molecule has 0 aliphatic carbocycles. The van der Waals surface area contributed by atoms with Crippen LogP contribution in [0, 0.1) is 0 Å². The summed E-state index contributed by atoms with van der Waals surface area (Å²) in [6, 6.07) is 17.0. The van der Waals surface area contributed by atoms with Gasteiger partial charge in [0.05, 0.1) is 6.61 Å². The molecule has 0 saturated heterocycles. The Labute approximate surface area is 118 Å². The van der Waals surface area contributed by atoms with Crippen LogP contribution in [0.3, 0.4) is 0 Å². The van der Waals surface area contributed by atoms with Crippen molar-refractivity contribution in [2.24, 2.45) is 0 Å². The highest BCUT2D eigenvalue weighted by Gasteiger charge is 1.98. The standard InChI is InChI=1S/C17H17NO2/c1-2-20-16-11-9-15(10-12-16)18-17(19)13-8-14-6-4-3-5-7-14/h3-13H,2H2,1H3,(H,18,19)/b13-8+. The predicted octanol–water partition coefficient (Wildman–Crippen LogP) is 3.74. The van der Waals surface area contributed by atoms with E-state index in [9.17, 15) is 4.79 Å². The summed E-state index contributed by atoms with van der Waals surface area (Å²) < 4.78 is 5.34. The minimum atomic E-state index is -0.155. The van der Waals surface area contributed by atoms with Crippen molar-refractivity contribution in [1.82, 2.24) is 0 Å². The molecule has 102 valence electrons. The number of ether oxygens (including phenoxy) is 1. The van der Waals surface area contributed by atoms with Crippen LogP contribution in [0.15, 0.2) is 60.7 Å². The maximum Gasteiger partial charge on any atom is 0.248 e. The number of hydrogen-bond acceptors (Lipinski definition) is 2. The van der Waals surface area contributed by atoms with Crippen LogP contribution in [0.25, 0.3) is 6.08 Å². The van der Waals surface area contributed by atoms with Gasteiger partial charge in [-0.2, -0.15) is 0 Å². The molecular formula is C17H17NO2. The van der Waals surface area contributed by atoms with Crippen LogP contribution >= 0.6 is 0 Å². The Hall–Kier alpha value is -2.55. The van der Waals surface area contributed by atoms with Gasteiger partial charge in [0, 0.05) is 11.8 Å². The molecule has 1 N–H and O–H groups in total. The van der Waals surface area contributed by atoms with Gasteiger partial charge >= 0.3 is 0 Å². The molecule has 0 aliphatic heterocycles. The molecular weight excluding hydrogens is 250 g/mol. The number of hydrogen-bond donors (Lipinski definition) is 1. The zero-order chi connectivity index (χ0) is 14.2. The Morgan fingerprint density at radius 2 is 1.80 bits per heavy atom. The smallest absolute Gasteiger partial charge is 0.248 e. The van der Waals surface area contributed by atoms with E-state index in [0.717, 1.165) is 17.0 Å². The van der Waals surface area contributed by atoms with Crippen molar-refractivity contribution in [3.8, 4) is 5.75 Å². The van der Waals surface area contributed by atoms with Gasteiger partial charge in [-0.1, -0.05) is 30.3 Å². The summed E-state index contributed by atoms with van der Waals surface area (Å²) >= 11 is 0. The number of amides is 1. The molecule has 20 heavy (non-hydrogen) atoms. The van der Waals surface area contributed by atoms with Crippen LogP contribution in [0.1, 0.15) is 12.5 Å². The first-order valence-corrected chi connectivity index (χ1v) is 6.55. The molecule has 0 spiro atoms. The van der Waals surface area contributed by atoms with Crippen molar-refractivity contribution in [2.75, 3.05) is 11.9 Å². The lowest BCUT2D eigenvalue weighted by atomic mass is 10.2. The lowest BCUT2D eigenvalue weighted by Crippen LogP contribution is -2.07. The number of carbonyl (C=O) groups excluding carboxylic acids is 1. The molecule has 0 radical (unpaired) electrons. The Balaban J connectivity index is 1.92. The number of anilines is 1. The fourth-order valence-corrected chi connectivity index (χ4v) is 1.72. The van der Waals surface area contributed by atoms with Crippen molar-refractivity contribution < 1.29 is 9.53 Å². The highest BCUT2D eigenvalue weighted by atomic mass is 16.5. The Kier molecular flexibility index (Phi) is 4.95. The summed E-state index contributed by atoms with van der Waals surface area (Å²) in [7, 11) is 0. The second kappa shape index (κ2) is 7.14. The van der Waals surface area contributed by atoms with Gasteiger partial charge in [0.15, 0.2) is 0 Å². The van der Waals surface area contributed by atoms with Crippen LogP contribution in [-0.2, 0) is 4.79 Å². The van der Waals surface area contributed by atoms with E-state index in [2.05, 4.69) is 5.32 Å². The fourth-order valence-electron chi connectivity index (χ4n) is 1.72. The van der Waals surface area contributed by atoms with Crippen LogP contribution in [0.5, 0.6) is 5.75 Å². The lowest BCUT2D eigenvalue weighted by Gasteiger charge is -2.05. The van der Waals surface area contributed by atoms with Crippen molar-refractivity contribution >= 4 is 17.7 Å². The summed E-state index contributed by atoms with van der Waals surface area (Å²) in [6.45, 7) is 2.57. The third-order valence-electron chi connectivity index (χ3n) is 2.66. The largest absolute Gasteiger partial charge is 0.494 e. The molecule has 0 atom stereocenters. The number of nitrogens with one attached hydrogen (secondary N) is 1. The van der Waals surface area contributed by atoms with Gasteiger partial charge in [0.2, 0.25) is 5.91 Å². The Morgan fingerprint density at radius 3 is 2.45 bits per heavy atom. The number of rotatable bonds is 5. The average molecular weight is 267 g/mol. The predicted molar refractivity (Wildman–Crippen MR) is 81.7 cm³/mol. The van der Waals surface area contributed by atoms with Gasteiger partial charge in [0.25, 0.3) is 0 Å². The van der Waals surface area contributed by atoms with Gasteiger partial charge in [-0.15, -0.1) is 0 Å². The van der Waals surface area contributed by atoms with Crippen LogP contribution < -0.4 is 10.1 Å². The van der Waals surface area contributed by atoms with Gasteiger partial charge in [0.1, 0.15) is 5.75 Å². The maximum atomic E-state index is 11.8. The molecule has 3 heteroatoms. The molecule has 0 heterocycles. The maximum absolute atomic E-state index is 11.8. The quantitative estimate of drug-likeness (QED) is 0.838. The summed E-state index contributed by atoms with van der Waals surface area (Å²) in [6.07, 6.45) is 3.30. The molecule has 0 bridgehead atoms. The molecule has 2 rings (SSSR count). The third-order valence-corrected chi connectivity index (χ3v) is 2.66. The van der Waals surface area contributed by atoms with Crippen molar-refractivity contribution in [3.63, 3.8) is 0 Å². The first-order valence-electron chi connectivity index (χ1n) is 6.55. The van der Waals surface area contributed by atoms with E-state index in [1.807, 2.05) is 61.5 Å². The van der Waals surface area contributed by atoms with Crippen LogP contribution in [0.4, 0.5) is 5.69 Å². The van der Waals surface area contributed by atoms with E-state index in [4.69, 9.17) is 4.74 Å². The normalized spacial score (nSPS) is 10.4. The molecule has 0 unspecified atom stereocenters. The zero-order valence-electron chi connectivity index (χ0n) is 11.4. The van der Waals surface area contributed by atoms with E-state index in [-0.39, 0.29) is 5.91 Å². The number of benzene rings is 2. The molecule has 3 nitrogen and oxygen atoms in total. The first-order chi connectivity index (χ1) is 9.78. The van der Waals surface area contributed by atoms with E-state index in [1.54, 1.807) is 6.08 Å². The summed E-state index contributed by atoms with van der Waals surface area (Å²) in [5, 5.41) is 2.80. The van der Waals surface area contributed by atoms with E-state index < -0.39 is 0 Å². The average Bonchev–Trinajstić information content (AvgIpc) is 2.49. The molecule has 2 aromatic carbocycles. The number of carbonyl (C=O) groups is 1. The van der Waals surface area contributed by atoms with Gasteiger partial charge < -0.3 is 10.1 Å². The third kappa shape index (κ3) is 4.28. The van der Waals surface area contributed by atoms with Crippen LogP contribution in [-0.4, -0.2) is 12.5 Å². The Morgan fingerprint density at radius 1 is 1.10 bits per heavy atom. The van der Waals surface area contributed by atoms with E-state index in [0.29, 0.717) is 6.61 Å². The molecule has 0 aromatic heterocycles. The fraction of sp³-hybridized carbons (Fsp3) is 0.118. The van der Waals surface area contributed by atoms with Gasteiger partial charge in [-0.3, -0.25) is 4.79 Å². The van der Waals surface area contributed by atoms with Gasteiger partial charge in [-0.25, -0.2) is 0 Å². The molecule has 2 aromatic rings. The lowest BCUT2D eigenvalue weighted by molar-refractivity contribution is -0.111. The second-order valence-electron chi connectivity index (χ2n) is 4.19. The second-order valence-corrected chi connectivity index (χ2v) is 4.19.